The first kappa shape index (κ1) is 9.99. The molecule has 1 aromatic heterocycles. The smallest absolute Gasteiger partial charge is 0.117 e. The van der Waals surface area contributed by atoms with Crippen LogP contribution in [0, 0.1) is 6.92 Å². The van der Waals surface area contributed by atoms with Gasteiger partial charge in [0.15, 0.2) is 0 Å². The lowest BCUT2D eigenvalue weighted by Crippen LogP contribution is -2.04. The van der Waals surface area contributed by atoms with Crippen molar-refractivity contribution >= 4 is 23.1 Å². The molecule has 0 bridgehead atoms. The summed E-state index contributed by atoms with van der Waals surface area (Å²) in [5.41, 5.74) is 1.21. The Morgan fingerprint density at radius 3 is 2.62 bits per heavy atom. The largest absolute Gasteiger partial charge is 0.232 e. The van der Waals surface area contributed by atoms with Crippen molar-refractivity contribution in [2.24, 2.45) is 5.10 Å². The number of anilines is 1. The summed E-state index contributed by atoms with van der Waals surface area (Å²) in [6, 6.07) is 4.13. The second-order valence-electron chi connectivity index (χ2n) is 3.08. The number of hydrogen-bond donors (Lipinski definition) is 0. The number of hydrazone groups is 1. The predicted molar refractivity (Wildman–Crippen MR) is 60.5 cm³/mol. The Morgan fingerprint density at radius 2 is 2.23 bits per heavy atom. The van der Waals surface area contributed by atoms with Gasteiger partial charge in [0, 0.05) is 17.8 Å². The van der Waals surface area contributed by atoms with Gasteiger partial charge in [0.05, 0.1) is 0 Å². The van der Waals surface area contributed by atoms with Crippen molar-refractivity contribution in [1.82, 2.24) is 0 Å². The van der Waals surface area contributed by atoms with Gasteiger partial charge < -0.3 is 0 Å². The van der Waals surface area contributed by atoms with Crippen LogP contribution in [0.4, 0.5) is 5.00 Å². The molecule has 2 nitrogen and oxygen atoms in total. The Kier molecular flexibility index (Phi) is 3.25. The van der Waals surface area contributed by atoms with Gasteiger partial charge in [-0.15, -0.1) is 11.3 Å². The lowest BCUT2D eigenvalue weighted by atomic mass is 10.4. The van der Waals surface area contributed by atoms with Gasteiger partial charge in [-0.05, 0) is 32.9 Å². The molecule has 0 saturated carbocycles. The molecule has 0 aromatic carbocycles. The average Bonchev–Trinajstić information content (AvgIpc) is 2.47. The van der Waals surface area contributed by atoms with Crippen molar-refractivity contribution in [2.45, 2.75) is 20.8 Å². The van der Waals surface area contributed by atoms with Crippen LogP contribution in [0.2, 0.25) is 0 Å². The number of allylic oxidation sites excluding steroid dienone is 1. The second kappa shape index (κ2) is 4.23. The van der Waals surface area contributed by atoms with Gasteiger partial charge in [0.1, 0.15) is 5.00 Å². The summed E-state index contributed by atoms with van der Waals surface area (Å²) in [4.78, 5) is 1.28. The summed E-state index contributed by atoms with van der Waals surface area (Å²) in [5.74, 6) is 0. The molecular formula is C10H14N2S. The van der Waals surface area contributed by atoms with Gasteiger partial charge in [-0.3, -0.25) is 0 Å². The molecule has 0 amide bonds. The zero-order valence-corrected chi connectivity index (χ0v) is 9.06. The predicted octanol–water partition coefficient (Wildman–Crippen LogP) is 3.40. The lowest BCUT2D eigenvalue weighted by Gasteiger charge is -2.10. The van der Waals surface area contributed by atoms with E-state index in [2.05, 4.69) is 24.8 Å². The van der Waals surface area contributed by atoms with Crippen molar-refractivity contribution in [2.75, 3.05) is 5.01 Å². The summed E-state index contributed by atoms with van der Waals surface area (Å²) in [7, 11) is 0. The molecule has 0 aliphatic rings. The molecule has 1 heterocycles. The standard InChI is InChI=1S/C10H14N2S/c1-8(2)7-12(11-4)10-6-5-9(3)13-10/h5-7H,4H2,1-3H3. The molecule has 0 aliphatic heterocycles. The molecule has 13 heavy (non-hydrogen) atoms. The Labute approximate surface area is 83.2 Å². The van der Waals surface area contributed by atoms with Crippen LogP contribution < -0.4 is 5.01 Å². The van der Waals surface area contributed by atoms with Crippen LogP contribution >= 0.6 is 11.3 Å². The van der Waals surface area contributed by atoms with Gasteiger partial charge in [0.2, 0.25) is 0 Å². The zero-order chi connectivity index (χ0) is 9.84. The van der Waals surface area contributed by atoms with Crippen LogP contribution in [0.15, 0.2) is 29.0 Å². The quantitative estimate of drug-likeness (QED) is 0.532. The monoisotopic (exact) mass is 194 g/mol. The Balaban J connectivity index is 2.91. The molecule has 3 heteroatoms. The maximum absolute atomic E-state index is 3.93. The third-order valence-corrected chi connectivity index (χ3v) is 2.48. The maximum Gasteiger partial charge on any atom is 0.117 e. The fraction of sp³-hybridized carbons (Fsp3) is 0.300. The highest BCUT2D eigenvalue weighted by Crippen LogP contribution is 2.26. The van der Waals surface area contributed by atoms with E-state index in [1.54, 1.807) is 16.3 Å². The minimum atomic E-state index is 1.11. The van der Waals surface area contributed by atoms with Gasteiger partial charge in [-0.1, -0.05) is 5.57 Å². The van der Waals surface area contributed by atoms with E-state index in [0.29, 0.717) is 0 Å². The van der Waals surface area contributed by atoms with Crippen LogP contribution in [0.25, 0.3) is 0 Å². The highest BCUT2D eigenvalue weighted by molar-refractivity contribution is 7.16. The van der Waals surface area contributed by atoms with Crippen LogP contribution in [-0.4, -0.2) is 6.72 Å². The van der Waals surface area contributed by atoms with Gasteiger partial charge in [-0.2, -0.15) is 5.10 Å². The van der Waals surface area contributed by atoms with Gasteiger partial charge >= 0.3 is 0 Å². The normalized spacial score (nSPS) is 9.46. The molecule has 0 N–H and O–H groups in total. The van der Waals surface area contributed by atoms with E-state index in [-0.39, 0.29) is 0 Å². The molecule has 0 radical (unpaired) electrons. The van der Waals surface area contributed by atoms with E-state index in [4.69, 9.17) is 0 Å². The summed E-state index contributed by atoms with van der Waals surface area (Å²) < 4.78 is 0. The van der Waals surface area contributed by atoms with Crippen LogP contribution in [0.1, 0.15) is 18.7 Å². The number of thiophene rings is 1. The molecular weight excluding hydrogens is 180 g/mol. The highest BCUT2D eigenvalue weighted by Gasteiger charge is 2.02. The van der Waals surface area contributed by atoms with E-state index in [9.17, 15) is 0 Å². The van der Waals surface area contributed by atoms with Gasteiger partial charge in [0.25, 0.3) is 0 Å². The first-order chi connectivity index (χ1) is 6.13. The van der Waals surface area contributed by atoms with Gasteiger partial charge in [-0.25, -0.2) is 5.01 Å². The average molecular weight is 194 g/mol. The third-order valence-electron chi connectivity index (χ3n) is 1.48. The first-order valence-corrected chi connectivity index (χ1v) is 4.92. The minimum absolute atomic E-state index is 1.11. The molecule has 0 unspecified atom stereocenters. The van der Waals surface area contributed by atoms with E-state index >= 15 is 0 Å². The molecule has 1 aromatic rings. The zero-order valence-electron chi connectivity index (χ0n) is 8.24. The molecule has 0 saturated heterocycles. The number of nitrogens with zero attached hydrogens (tertiary/aromatic N) is 2. The van der Waals surface area contributed by atoms with Crippen molar-refractivity contribution in [3.63, 3.8) is 0 Å². The fourth-order valence-electron chi connectivity index (χ4n) is 0.963. The second-order valence-corrected chi connectivity index (χ2v) is 4.34. The van der Waals surface area contributed by atoms with Crippen molar-refractivity contribution in [3.05, 3.63) is 28.8 Å². The van der Waals surface area contributed by atoms with Crippen LogP contribution in [0.5, 0.6) is 0 Å². The molecule has 70 valence electrons. The van der Waals surface area contributed by atoms with E-state index in [0.717, 1.165) is 5.00 Å². The molecule has 0 aliphatic carbocycles. The Bertz CT molecular complexity index is 321. The summed E-state index contributed by atoms with van der Waals surface area (Å²) in [6.45, 7) is 9.70. The molecule has 1 rings (SSSR count). The number of rotatable bonds is 3. The van der Waals surface area contributed by atoms with Crippen molar-refractivity contribution < 1.29 is 0 Å². The van der Waals surface area contributed by atoms with Crippen LogP contribution in [0.3, 0.4) is 0 Å². The van der Waals surface area contributed by atoms with E-state index in [1.165, 1.54) is 10.5 Å². The summed E-state index contributed by atoms with van der Waals surface area (Å²) in [6.07, 6.45) is 1.97. The molecule has 0 fully saturated rings. The molecule has 0 atom stereocenters. The van der Waals surface area contributed by atoms with Crippen molar-refractivity contribution in [1.29, 1.82) is 0 Å². The minimum Gasteiger partial charge on any atom is -0.232 e. The SMILES string of the molecule is C=NN(C=C(C)C)c1ccc(C)s1. The summed E-state index contributed by atoms with van der Waals surface area (Å²) in [5, 5.41) is 6.83. The van der Waals surface area contributed by atoms with E-state index < -0.39 is 0 Å². The first-order valence-electron chi connectivity index (χ1n) is 4.11. The number of hydrogen-bond acceptors (Lipinski definition) is 3. The topological polar surface area (TPSA) is 15.6 Å². The fourth-order valence-corrected chi connectivity index (χ4v) is 1.77. The molecule has 0 spiro atoms. The number of aryl methyl sites for hydroxylation is 1. The Morgan fingerprint density at radius 1 is 1.54 bits per heavy atom. The highest BCUT2D eigenvalue weighted by atomic mass is 32.1. The maximum atomic E-state index is 3.93. The van der Waals surface area contributed by atoms with Crippen molar-refractivity contribution in [3.8, 4) is 0 Å². The Hall–Kier alpha value is -1.09. The third kappa shape index (κ3) is 2.70. The summed E-state index contributed by atoms with van der Waals surface area (Å²) >= 11 is 1.71. The lowest BCUT2D eigenvalue weighted by molar-refractivity contribution is 1.09. The van der Waals surface area contributed by atoms with Crippen LogP contribution in [-0.2, 0) is 0 Å². The van der Waals surface area contributed by atoms with E-state index in [1.807, 2.05) is 26.1 Å².